The smallest absolute Gasteiger partial charge is 0.185 e. The lowest BCUT2D eigenvalue weighted by Crippen LogP contribution is -1.88. The Morgan fingerprint density at radius 1 is 1.88 bits per heavy atom. The minimum absolute atomic E-state index is 0.147. The van der Waals surface area contributed by atoms with Gasteiger partial charge < -0.3 is 4.99 Å². The van der Waals surface area contributed by atoms with Gasteiger partial charge in [0.1, 0.15) is 0 Å². The molecule has 0 spiro atoms. The molecule has 2 nitrogen and oxygen atoms in total. The molecule has 0 bridgehead atoms. The predicted molar refractivity (Wildman–Crippen MR) is 37.6 cm³/mol. The number of thioether (sulfide) groups is 1. The number of nitrogens with zero attached hydrogens (tertiary/aromatic N) is 1. The van der Waals surface area contributed by atoms with Gasteiger partial charge in [-0.05, 0) is 6.72 Å². The second-order valence-corrected chi connectivity index (χ2v) is 2.56. The van der Waals surface area contributed by atoms with E-state index in [9.17, 15) is 4.79 Å². The Morgan fingerprint density at radius 2 is 2.50 bits per heavy atom. The molecule has 0 rings (SSSR count). The Kier molecular flexibility index (Phi) is 4.65. The fraction of sp³-hybridized carbons (Fsp3) is 0.600. The van der Waals surface area contributed by atoms with Crippen molar-refractivity contribution < 1.29 is 4.79 Å². The monoisotopic (exact) mass is 131 g/mol. The van der Waals surface area contributed by atoms with Gasteiger partial charge in [0.2, 0.25) is 0 Å². The van der Waals surface area contributed by atoms with Gasteiger partial charge in [0.25, 0.3) is 0 Å². The van der Waals surface area contributed by atoms with Gasteiger partial charge in [-0.3, -0.25) is 4.79 Å². The molecule has 0 aromatic heterocycles. The summed E-state index contributed by atoms with van der Waals surface area (Å²) in [6.45, 7) is 5.50. The molecular weight excluding hydrogens is 122 g/mol. The molecule has 3 heteroatoms. The van der Waals surface area contributed by atoms with Crippen LogP contribution >= 0.6 is 11.8 Å². The average molecular weight is 131 g/mol. The number of carbonyl (C=O) groups excluding carboxylic acids is 1. The van der Waals surface area contributed by atoms with Crippen molar-refractivity contribution in [2.75, 3.05) is 12.3 Å². The molecule has 46 valence electrons. The summed E-state index contributed by atoms with van der Waals surface area (Å²) >= 11 is 1.28. The second-order valence-electron chi connectivity index (χ2n) is 1.29. The van der Waals surface area contributed by atoms with Gasteiger partial charge in [-0.1, -0.05) is 11.8 Å². The number of hydrogen-bond donors (Lipinski definition) is 0. The topological polar surface area (TPSA) is 29.4 Å². The Bertz CT molecular complexity index is 92.4. The summed E-state index contributed by atoms with van der Waals surface area (Å²) in [7, 11) is 0. The van der Waals surface area contributed by atoms with Crippen LogP contribution in [0.3, 0.4) is 0 Å². The van der Waals surface area contributed by atoms with Crippen LogP contribution in [0, 0.1) is 0 Å². The molecule has 0 fully saturated rings. The largest absolute Gasteiger partial charge is 0.300 e. The Balaban J connectivity index is 2.93. The first-order valence-corrected chi connectivity index (χ1v) is 3.31. The van der Waals surface area contributed by atoms with E-state index < -0.39 is 0 Å². The number of aliphatic imine (C=N–C) groups is 1. The molecule has 0 atom stereocenters. The SMILES string of the molecule is C=NCCSC(C)=O. The van der Waals surface area contributed by atoms with Crippen molar-refractivity contribution in [3.05, 3.63) is 0 Å². The molecule has 0 saturated heterocycles. The summed E-state index contributed by atoms with van der Waals surface area (Å²) in [6, 6.07) is 0. The van der Waals surface area contributed by atoms with Gasteiger partial charge in [-0.15, -0.1) is 0 Å². The van der Waals surface area contributed by atoms with Crippen molar-refractivity contribution in [2.45, 2.75) is 6.92 Å². The molecule has 0 aromatic carbocycles. The number of hydrogen-bond acceptors (Lipinski definition) is 3. The summed E-state index contributed by atoms with van der Waals surface area (Å²) in [5.74, 6) is 0.763. The molecule has 0 saturated carbocycles. The lowest BCUT2D eigenvalue weighted by Gasteiger charge is -1.88. The van der Waals surface area contributed by atoms with E-state index >= 15 is 0 Å². The van der Waals surface area contributed by atoms with Crippen LogP contribution in [-0.4, -0.2) is 24.1 Å². The van der Waals surface area contributed by atoms with Crippen molar-refractivity contribution in [1.82, 2.24) is 0 Å². The van der Waals surface area contributed by atoms with Crippen LogP contribution in [0.4, 0.5) is 0 Å². The van der Waals surface area contributed by atoms with Gasteiger partial charge in [-0.25, -0.2) is 0 Å². The van der Waals surface area contributed by atoms with Crippen molar-refractivity contribution >= 4 is 23.6 Å². The quantitative estimate of drug-likeness (QED) is 0.422. The van der Waals surface area contributed by atoms with Crippen LogP contribution in [-0.2, 0) is 4.79 Å². The third-order valence-corrected chi connectivity index (χ3v) is 1.35. The molecular formula is C5H9NOS. The van der Waals surface area contributed by atoms with E-state index in [4.69, 9.17) is 0 Å². The Labute approximate surface area is 53.4 Å². The highest BCUT2D eigenvalue weighted by Crippen LogP contribution is 1.98. The third kappa shape index (κ3) is 5.69. The van der Waals surface area contributed by atoms with Crippen LogP contribution in [0.5, 0.6) is 0 Å². The van der Waals surface area contributed by atoms with Crippen LogP contribution in [0.15, 0.2) is 4.99 Å². The first kappa shape index (κ1) is 7.69. The Hall–Kier alpha value is -0.310. The molecule has 8 heavy (non-hydrogen) atoms. The first-order chi connectivity index (χ1) is 3.77. The zero-order chi connectivity index (χ0) is 6.41. The van der Waals surface area contributed by atoms with Crippen molar-refractivity contribution in [3.8, 4) is 0 Å². The van der Waals surface area contributed by atoms with E-state index in [1.165, 1.54) is 11.8 Å². The predicted octanol–water partition coefficient (Wildman–Crippen LogP) is 0.967. The maximum Gasteiger partial charge on any atom is 0.185 e. The highest BCUT2D eigenvalue weighted by Gasteiger charge is 1.89. The van der Waals surface area contributed by atoms with Gasteiger partial charge in [0.05, 0.1) is 0 Å². The first-order valence-electron chi connectivity index (χ1n) is 2.33. The fourth-order valence-corrected chi connectivity index (χ4v) is 0.762. The maximum absolute atomic E-state index is 10.2. The highest BCUT2D eigenvalue weighted by atomic mass is 32.2. The van der Waals surface area contributed by atoms with Crippen molar-refractivity contribution in [2.24, 2.45) is 4.99 Å². The molecule has 0 aromatic rings. The van der Waals surface area contributed by atoms with Crippen LogP contribution in [0.25, 0.3) is 0 Å². The summed E-state index contributed by atoms with van der Waals surface area (Å²) in [4.78, 5) is 13.8. The lowest BCUT2D eigenvalue weighted by molar-refractivity contribution is -0.109. The minimum atomic E-state index is 0.147. The van der Waals surface area contributed by atoms with E-state index in [1.807, 2.05) is 0 Å². The third-order valence-electron chi connectivity index (χ3n) is 0.555. The van der Waals surface area contributed by atoms with E-state index in [0.717, 1.165) is 5.75 Å². The molecule has 0 radical (unpaired) electrons. The van der Waals surface area contributed by atoms with Gasteiger partial charge in [-0.2, -0.15) is 0 Å². The summed E-state index contributed by atoms with van der Waals surface area (Å²) in [5.41, 5.74) is 0. The molecule has 0 heterocycles. The molecule has 0 aliphatic carbocycles. The summed E-state index contributed by atoms with van der Waals surface area (Å²) in [5, 5.41) is 0.147. The maximum atomic E-state index is 10.2. The average Bonchev–Trinajstić information content (AvgIpc) is 1.66. The zero-order valence-electron chi connectivity index (χ0n) is 4.89. The van der Waals surface area contributed by atoms with E-state index in [0.29, 0.717) is 6.54 Å². The van der Waals surface area contributed by atoms with Crippen molar-refractivity contribution in [3.63, 3.8) is 0 Å². The standard InChI is InChI=1S/C5H9NOS/c1-5(7)8-4-3-6-2/h2-4H2,1H3. The molecule has 0 aliphatic rings. The summed E-state index contributed by atoms with van der Waals surface area (Å²) in [6.07, 6.45) is 0. The lowest BCUT2D eigenvalue weighted by atomic mass is 10.8. The molecule has 0 unspecified atom stereocenters. The molecule has 0 amide bonds. The van der Waals surface area contributed by atoms with E-state index in [2.05, 4.69) is 11.7 Å². The van der Waals surface area contributed by atoms with Gasteiger partial charge >= 0.3 is 0 Å². The minimum Gasteiger partial charge on any atom is -0.300 e. The van der Waals surface area contributed by atoms with Gasteiger partial charge in [0, 0.05) is 19.2 Å². The highest BCUT2D eigenvalue weighted by molar-refractivity contribution is 8.13. The van der Waals surface area contributed by atoms with E-state index in [-0.39, 0.29) is 5.12 Å². The Morgan fingerprint density at radius 3 is 2.88 bits per heavy atom. The normalized spacial score (nSPS) is 8.62. The van der Waals surface area contributed by atoms with Crippen molar-refractivity contribution in [1.29, 1.82) is 0 Å². The number of carbonyl (C=O) groups is 1. The van der Waals surface area contributed by atoms with Crippen LogP contribution in [0.1, 0.15) is 6.92 Å². The van der Waals surface area contributed by atoms with Crippen LogP contribution < -0.4 is 0 Å². The number of rotatable bonds is 3. The van der Waals surface area contributed by atoms with Gasteiger partial charge in [0.15, 0.2) is 5.12 Å². The molecule has 0 N–H and O–H groups in total. The zero-order valence-corrected chi connectivity index (χ0v) is 5.70. The van der Waals surface area contributed by atoms with Crippen LogP contribution in [0.2, 0.25) is 0 Å². The molecule has 0 aliphatic heterocycles. The summed E-state index contributed by atoms with van der Waals surface area (Å²) < 4.78 is 0. The van der Waals surface area contributed by atoms with E-state index in [1.54, 1.807) is 6.92 Å². The fourth-order valence-electron chi connectivity index (χ4n) is 0.254. The second kappa shape index (κ2) is 4.84.